The van der Waals surface area contributed by atoms with Crippen molar-refractivity contribution in [3.63, 3.8) is 0 Å². The highest BCUT2D eigenvalue weighted by Gasteiger charge is 2.50. The molecule has 0 saturated carbocycles. The summed E-state index contributed by atoms with van der Waals surface area (Å²) in [6, 6.07) is 0. The highest BCUT2D eigenvalue weighted by atomic mass is 19.3. The van der Waals surface area contributed by atoms with Gasteiger partial charge in [0.15, 0.2) is 0 Å². The second-order valence-electron chi connectivity index (χ2n) is 2.91. The van der Waals surface area contributed by atoms with Gasteiger partial charge in [-0.15, -0.1) is 0 Å². The van der Waals surface area contributed by atoms with Gasteiger partial charge in [-0.05, 0) is 19.9 Å². The van der Waals surface area contributed by atoms with E-state index in [0.29, 0.717) is 6.54 Å². The number of nitrogens with one attached hydrogen (secondary N) is 1. The predicted octanol–water partition coefficient (Wildman–Crippen LogP) is 0.366. The number of halogens is 2. The van der Waals surface area contributed by atoms with Crippen LogP contribution in [-0.2, 0) is 0 Å². The van der Waals surface area contributed by atoms with E-state index >= 15 is 0 Å². The Hall–Kier alpha value is -0.220. The highest BCUT2D eigenvalue weighted by Crippen LogP contribution is 2.32. The molecule has 1 heterocycles. The van der Waals surface area contributed by atoms with E-state index in [1.807, 2.05) is 0 Å². The lowest BCUT2D eigenvalue weighted by atomic mass is 9.91. The molecule has 1 atom stereocenters. The first-order chi connectivity index (χ1) is 4.46. The molecule has 0 amide bonds. The van der Waals surface area contributed by atoms with Crippen molar-refractivity contribution in [1.29, 1.82) is 0 Å². The summed E-state index contributed by atoms with van der Waals surface area (Å²) in [4.78, 5) is 0. The van der Waals surface area contributed by atoms with Crippen LogP contribution >= 0.6 is 0 Å². The Morgan fingerprint density at radius 2 is 2.10 bits per heavy atom. The van der Waals surface area contributed by atoms with Crippen molar-refractivity contribution in [3.8, 4) is 0 Å². The molecule has 4 heteroatoms. The molecule has 60 valence electrons. The van der Waals surface area contributed by atoms with E-state index in [1.165, 1.54) is 6.92 Å². The van der Waals surface area contributed by atoms with Gasteiger partial charge >= 0.3 is 0 Å². The number of aliphatic hydroxyl groups is 1. The van der Waals surface area contributed by atoms with Crippen LogP contribution in [0.5, 0.6) is 0 Å². The fourth-order valence-electron chi connectivity index (χ4n) is 0.950. The van der Waals surface area contributed by atoms with Gasteiger partial charge in [0, 0.05) is 0 Å². The molecule has 1 rings (SSSR count). The van der Waals surface area contributed by atoms with Gasteiger partial charge in [0.05, 0.1) is 6.54 Å². The first kappa shape index (κ1) is 7.88. The zero-order valence-corrected chi connectivity index (χ0v) is 5.82. The van der Waals surface area contributed by atoms with Gasteiger partial charge in [0.1, 0.15) is 5.60 Å². The summed E-state index contributed by atoms with van der Waals surface area (Å²) in [5, 5.41) is 11.6. The summed E-state index contributed by atoms with van der Waals surface area (Å²) in [7, 11) is 0. The highest BCUT2D eigenvalue weighted by molar-refractivity contribution is 4.94. The summed E-state index contributed by atoms with van der Waals surface area (Å²) < 4.78 is 25.3. The van der Waals surface area contributed by atoms with E-state index in [4.69, 9.17) is 5.11 Å². The lowest BCUT2D eigenvalue weighted by Crippen LogP contribution is -2.57. The Morgan fingerprint density at radius 3 is 2.40 bits per heavy atom. The molecule has 0 radical (unpaired) electrons. The van der Waals surface area contributed by atoms with E-state index in [1.54, 1.807) is 0 Å². The normalized spacial score (nSPS) is 39.6. The number of alkyl halides is 2. The summed E-state index contributed by atoms with van der Waals surface area (Å²) in [5.41, 5.74) is -1.82. The molecule has 0 spiro atoms. The van der Waals surface area contributed by atoms with Crippen LogP contribution in [-0.4, -0.2) is 29.7 Å². The molecule has 0 aromatic rings. The summed E-state index contributed by atoms with van der Waals surface area (Å²) in [6.07, 6.45) is 0.111. The maximum absolute atomic E-state index is 12.7. The van der Waals surface area contributed by atoms with Gasteiger partial charge in [-0.1, -0.05) is 0 Å². The fraction of sp³-hybridized carbons (Fsp3) is 1.00. The van der Waals surface area contributed by atoms with Crippen molar-refractivity contribution in [1.82, 2.24) is 5.32 Å². The summed E-state index contributed by atoms with van der Waals surface area (Å²) in [6.45, 7) is 1.22. The van der Waals surface area contributed by atoms with E-state index in [9.17, 15) is 8.78 Å². The molecule has 10 heavy (non-hydrogen) atoms. The molecule has 1 saturated heterocycles. The van der Waals surface area contributed by atoms with Crippen LogP contribution in [0.15, 0.2) is 0 Å². The molecular formula is C6H11F2NO. The van der Waals surface area contributed by atoms with Crippen molar-refractivity contribution in [2.45, 2.75) is 24.9 Å². The average Bonchev–Trinajstić information content (AvgIpc) is 1.77. The topological polar surface area (TPSA) is 32.3 Å². The van der Waals surface area contributed by atoms with E-state index in [2.05, 4.69) is 5.32 Å². The average molecular weight is 151 g/mol. The lowest BCUT2D eigenvalue weighted by Gasteiger charge is -2.36. The summed E-state index contributed by atoms with van der Waals surface area (Å²) in [5.74, 6) is -2.98. The number of rotatable bonds is 0. The van der Waals surface area contributed by atoms with Crippen LogP contribution < -0.4 is 5.32 Å². The Morgan fingerprint density at radius 1 is 1.50 bits per heavy atom. The maximum atomic E-state index is 12.7. The molecular weight excluding hydrogens is 140 g/mol. The quantitative estimate of drug-likeness (QED) is 0.524. The molecule has 0 aromatic heterocycles. The largest absolute Gasteiger partial charge is 0.384 e. The lowest BCUT2D eigenvalue weighted by molar-refractivity contribution is -0.183. The Balaban J connectivity index is 2.70. The van der Waals surface area contributed by atoms with Crippen molar-refractivity contribution >= 4 is 0 Å². The molecule has 1 aliphatic rings. The van der Waals surface area contributed by atoms with Gasteiger partial charge < -0.3 is 10.4 Å². The smallest absolute Gasteiger partial charge is 0.288 e. The van der Waals surface area contributed by atoms with Crippen molar-refractivity contribution < 1.29 is 13.9 Å². The van der Waals surface area contributed by atoms with E-state index in [0.717, 1.165) is 0 Å². The van der Waals surface area contributed by atoms with Gasteiger partial charge in [0.25, 0.3) is 5.92 Å². The third kappa shape index (κ3) is 1.13. The van der Waals surface area contributed by atoms with Crippen LogP contribution in [0.4, 0.5) is 8.78 Å². The number of hydrogen-bond donors (Lipinski definition) is 2. The van der Waals surface area contributed by atoms with Gasteiger partial charge in [0.2, 0.25) is 0 Å². The Kier molecular flexibility index (Phi) is 1.68. The minimum atomic E-state index is -2.98. The third-order valence-corrected chi connectivity index (χ3v) is 1.92. The molecule has 2 N–H and O–H groups in total. The molecule has 0 aromatic carbocycles. The van der Waals surface area contributed by atoms with Crippen LogP contribution in [0.2, 0.25) is 0 Å². The van der Waals surface area contributed by atoms with Crippen LogP contribution in [0.25, 0.3) is 0 Å². The zero-order valence-electron chi connectivity index (χ0n) is 5.82. The van der Waals surface area contributed by atoms with Crippen LogP contribution in [0.3, 0.4) is 0 Å². The Bertz CT molecular complexity index is 120. The molecule has 2 nitrogen and oxygen atoms in total. The van der Waals surface area contributed by atoms with Crippen LogP contribution in [0, 0.1) is 0 Å². The fourth-order valence-corrected chi connectivity index (χ4v) is 0.950. The second-order valence-corrected chi connectivity index (χ2v) is 2.91. The minimum Gasteiger partial charge on any atom is -0.384 e. The number of piperidine rings is 1. The number of hydrogen-bond acceptors (Lipinski definition) is 2. The summed E-state index contributed by atoms with van der Waals surface area (Å²) >= 11 is 0. The zero-order chi connectivity index (χ0) is 7.83. The van der Waals surface area contributed by atoms with Crippen molar-refractivity contribution in [3.05, 3.63) is 0 Å². The monoisotopic (exact) mass is 151 g/mol. The van der Waals surface area contributed by atoms with Gasteiger partial charge in [-0.25, -0.2) is 8.78 Å². The van der Waals surface area contributed by atoms with E-state index < -0.39 is 18.1 Å². The standard InChI is InChI=1S/C6H11F2NO/c1-5(10)2-3-9-4-6(5,7)8/h9-10H,2-4H2,1H3. The SMILES string of the molecule is CC1(O)CCNCC1(F)F. The van der Waals surface area contributed by atoms with Gasteiger partial charge in [-0.3, -0.25) is 0 Å². The minimum absolute atomic E-state index is 0.111. The molecule has 1 unspecified atom stereocenters. The molecule has 1 aliphatic heterocycles. The molecule has 0 bridgehead atoms. The molecule has 0 aliphatic carbocycles. The predicted molar refractivity (Wildman–Crippen MR) is 33.1 cm³/mol. The van der Waals surface area contributed by atoms with Crippen molar-refractivity contribution in [2.75, 3.05) is 13.1 Å². The van der Waals surface area contributed by atoms with Crippen LogP contribution in [0.1, 0.15) is 13.3 Å². The van der Waals surface area contributed by atoms with Gasteiger partial charge in [-0.2, -0.15) is 0 Å². The third-order valence-electron chi connectivity index (χ3n) is 1.92. The first-order valence-electron chi connectivity index (χ1n) is 3.27. The maximum Gasteiger partial charge on any atom is 0.288 e. The Labute approximate surface area is 58.2 Å². The molecule has 1 fully saturated rings. The van der Waals surface area contributed by atoms with E-state index in [-0.39, 0.29) is 6.42 Å². The van der Waals surface area contributed by atoms with Crippen molar-refractivity contribution in [2.24, 2.45) is 0 Å². The first-order valence-corrected chi connectivity index (χ1v) is 3.27. The second kappa shape index (κ2) is 2.13.